The summed E-state index contributed by atoms with van der Waals surface area (Å²) in [5.74, 6) is -0.677. The first-order valence-corrected chi connectivity index (χ1v) is 9.06. The van der Waals surface area contributed by atoms with Crippen LogP contribution in [-0.4, -0.2) is 43.5 Å². The van der Waals surface area contributed by atoms with Gasteiger partial charge in [0, 0.05) is 6.42 Å². The average Bonchev–Trinajstić information content (AvgIpc) is 3.09. The third-order valence-electron chi connectivity index (χ3n) is 3.25. The summed E-state index contributed by atoms with van der Waals surface area (Å²) in [7, 11) is -3.45. The van der Waals surface area contributed by atoms with E-state index in [4.69, 9.17) is 13.9 Å². The minimum atomic E-state index is -3.45. The van der Waals surface area contributed by atoms with E-state index in [1.165, 1.54) is 18.4 Å². The van der Waals surface area contributed by atoms with Gasteiger partial charge in [0.05, 0.1) is 10.6 Å². The molecule has 0 saturated carbocycles. The number of amides is 1. The number of carbonyl (C=O) groups is 1. The topological polar surface area (TPSA) is 121 Å². The number of benzene rings is 1. The summed E-state index contributed by atoms with van der Waals surface area (Å²) in [6.45, 7) is 0.642. The molecule has 0 unspecified atom stereocenters. The van der Waals surface area contributed by atoms with Gasteiger partial charge in [-0.15, -0.1) is 5.10 Å². The van der Waals surface area contributed by atoms with E-state index in [0.29, 0.717) is 6.61 Å². The Hall–Kier alpha value is -2.88. The number of aryl methyl sites for hydroxylation is 1. The third-order valence-corrected chi connectivity index (χ3v) is 4.98. The Morgan fingerprint density at radius 2 is 1.96 bits per heavy atom. The van der Waals surface area contributed by atoms with Crippen LogP contribution in [0.1, 0.15) is 5.89 Å². The summed E-state index contributed by atoms with van der Waals surface area (Å²) >= 11 is 0. The lowest BCUT2D eigenvalue weighted by Gasteiger charge is -2.13. The number of aromatic nitrogens is 2. The van der Waals surface area contributed by atoms with Gasteiger partial charge in [0.25, 0.3) is 5.91 Å². The monoisotopic (exact) mass is 365 g/mol. The lowest BCUT2D eigenvalue weighted by atomic mass is 10.4. The molecule has 3 rings (SSSR count). The fraction of sp³-hybridized carbons (Fsp3) is 0.267. The summed E-state index contributed by atoms with van der Waals surface area (Å²) in [6, 6.07) is 7.94. The Morgan fingerprint density at radius 3 is 2.68 bits per heavy atom. The highest BCUT2D eigenvalue weighted by atomic mass is 32.2. The molecule has 1 aromatic heterocycles. The fourth-order valence-electron chi connectivity index (χ4n) is 2.02. The first-order chi connectivity index (χ1) is 12.0. The SMILES string of the molecule is O=C(Nc1nnc(CCS(=O)(=O)c2ccccc2)o1)C1=COCCO1. The van der Waals surface area contributed by atoms with Gasteiger partial charge in [-0.05, 0) is 12.1 Å². The maximum absolute atomic E-state index is 12.2. The van der Waals surface area contributed by atoms with Crippen molar-refractivity contribution in [1.29, 1.82) is 0 Å². The second-order valence-corrected chi connectivity index (χ2v) is 7.15. The lowest BCUT2D eigenvalue weighted by molar-refractivity contribution is -0.117. The Balaban J connectivity index is 1.58. The highest BCUT2D eigenvalue weighted by Gasteiger charge is 2.19. The molecule has 2 aromatic rings. The fourth-order valence-corrected chi connectivity index (χ4v) is 3.27. The summed E-state index contributed by atoms with van der Waals surface area (Å²) in [5, 5.41) is 9.74. The van der Waals surface area contributed by atoms with Crippen LogP contribution in [-0.2, 0) is 30.5 Å². The van der Waals surface area contributed by atoms with Gasteiger partial charge in [0.2, 0.25) is 11.6 Å². The molecule has 2 heterocycles. The number of hydrogen-bond donors (Lipinski definition) is 1. The third kappa shape index (κ3) is 4.35. The van der Waals surface area contributed by atoms with Gasteiger partial charge < -0.3 is 13.9 Å². The Morgan fingerprint density at radius 1 is 1.16 bits per heavy atom. The van der Waals surface area contributed by atoms with Crippen LogP contribution in [0.25, 0.3) is 0 Å². The van der Waals surface area contributed by atoms with Crippen molar-refractivity contribution in [3.05, 3.63) is 48.2 Å². The van der Waals surface area contributed by atoms with Crippen molar-refractivity contribution < 1.29 is 27.1 Å². The van der Waals surface area contributed by atoms with Crippen molar-refractivity contribution in [2.75, 3.05) is 24.3 Å². The van der Waals surface area contributed by atoms with E-state index in [0.717, 1.165) is 0 Å². The van der Waals surface area contributed by atoms with E-state index in [1.807, 2.05) is 0 Å². The van der Waals surface area contributed by atoms with Gasteiger partial charge in [-0.25, -0.2) is 8.42 Å². The molecule has 0 saturated heterocycles. The number of sulfone groups is 1. The summed E-state index contributed by atoms with van der Waals surface area (Å²) < 4.78 is 39.7. The number of anilines is 1. The number of nitrogens with one attached hydrogen (secondary N) is 1. The molecule has 1 N–H and O–H groups in total. The van der Waals surface area contributed by atoms with Crippen LogP contribution in [0.4, 0.5) is 6.01 Å². The van der Waals surface area contributed by atoms with E-state index >= 15 is 0 Å². The molecule has 0 aliphatic carbocycles. The number of rotatable bonds is 6. The molecule has 0 bridgehead atoms. The van der Waals surface area contributed by atoms with Crippen molar-refractivity contribution in [2.45, 2.75) is 11.3 Å². The van der Waals surface area contributed by atoms with Gasteiger partial charge in [-0.3, -0.25) is 10.1 Å². The van der Waals surface area contributed by atoms with E-state index in [1.54, 1.807) is 18.2 Å². The Bertz CT molecular complexity index is 876. The molecular formula is C15H15N3O6S. The predicted octanol–water partition coefficient (Wildman–Crippen LogP) is 0.913. The van der Waals surface area contributed by atoms with E-state index in [2.05, 4.69) is 15.5 Å². The minimum Gasteiger partial charge on any atom is -0.494 e. The van der Waals surface area contributed by atoms with Crippen LogP contribution in [0.15, 0.2) is 51.7 Å². The zero-order chi connectivity index (χ0) is 17.7. The molecule has 10 heteroatoms. The maximum atomic E-state index is 12.2. The van der Waals surface area contributed by atoms with Crippen LogP contribution in [0, 0.1) is 0 Å². The summed E-state index contributed by atoms with van der Waals surface area (Å²) in [4.78, 5) is 12.1. The van der Waals surface area contributed by atoms with E-state index in [-0.39, 0.29) is 41.3 Å². The van der Waals surface area contributed by atoms with Gasteiger partial charge in [0.15, 0.2) is 9.84 Å². The Kier molecular flexibility index (Phi) is 4.98. The molecule has 0 atom stereocenters. The first kappa shape index (κ1) is 17.0. The largest absolute Gasteiger partial charge is 0.494 e. The van der Waals surface area contributed by atoms with E-state index in [9.17, 15) is 13.2 Å². The average molecular weight is 365 g/mol. The molecule has 9 nitrogen and oxygen atoms in total. The smallest absolute Gasteiger partial charge is 0.322 e. The van der Waals surface area contributed by atoms with Gasteiger partial charge in [0.1, 0.15) is 19.5 Å². The molecule has 25 heavy (non-hydrogen) atoms. The molecule has 1 aromatic carbocycles. The molecule has 1 aliphatic heterocycles. The minimum absolute atomic E-state index is 0.00217. The number of ether oxygens (including phenoxy) is 2. The summed E-state index contributed by atoms with van der Waals surface area (Å²) in [6.07, 6.45) is 1.23. The normalized spacial score (nSPS) is 14.2. The second kappa shape index (κ2) is 7.34. The Labute approximate surface area is 143 Å². The number of nitrogens with zero attached hydrogens (tertiary/aromatic N) is 2. The highest BCUT2D eigenvalue weighted by molar-refractivity contribution is 7.91. The zero-order valence-electron chi connectivity index (χ0n) is 13.0. The van der Waals surface area contributed by atoms with Crippen LogP contribution < -0.4 is 5.32 Å². The van der Waals surface area contributed by atoms with Gasteiger partial charge >= 0.3 is 6.01 Å². The van der Waals surface area contributed by atoms with E-state index < -0.39 is 15.7 Å². The van der Waals surface area contributed by atoms with Crippen LogP contribution in [0.3, 0.4) is 0 Å². The number of hydrogen-bond acceptors (Lipinski definition) is 8. The van der Waals surface area contributed by atoms with Gasteiger partial charge in [-0.1, -0.05) is 23.3 Å². The number of carbonyl (C=O) groups excluding carboxylic acids is 1. The standard InChI is InChI=1S/C15H15N3O6S/c19-14(12-10-22-7-8-23-12)16-15-18-17-13(24-15)6-9-25(20,21)11-4-2-1-3-5-11/h1-5,10H,6-9H2,(H,16,18,19). The van der Waals surface area contributed by atoms with Crippen LogP contribution in [0.2, 0.25) is 0 Å². The molecule has 0 fully saturated rings. The molecule has 0 spiro atoms. The molecule has 132 valence electrons. The molecule has 1 amide bonds. The molecular weight excluding hydrogens is 350 g/mol. The maximum Gasteiger partial charge on any atom is 0.322 e. The van der Waals surface area contributed by atoms with Crippen molar-refractivity contribution in [1.82, 2.24) is 10.2 Å². The second-order valence-electron chi connectivity index (χ2n) is 5.04. The van der Waals surface area contributed by atoms with Gasteiger partial charge in [-0.2, -0.15) is 0 Å². The van der Waals surface area contributed by atoms with Crippen molar-refractivity contribution in [3.8, 4) is 0 Å². The lowest BCUT2D eigenvalue weighted by Crippen LogP contribution is -2.21. The molecule has 1 aliphatic rings. The van der Waals surface area contributed by atoms with Crippen molar-refractivity contribution >= 4 is 21.8 Å². The first-order valence-electron chi connectivity index (χ1n) is 7.41. The van der Waals surface area contributed by atoms with Crippen LogP contribution in [0.5, 0.6) is 0 Å². The van der Waals surface area contributed by atoms with Crippen molar-refractivity contribution in [3.63, 3.8) is 0 Å². The van der Waals surface area contributed by atoms with Crippen LogP contribution >= 0.6 is 0 Å². The molecule has 0 radical (unpaired) electrons. The zero-order valence-corrected chi connectivity index (χ0v) is 13.9. The van der Waals surface area contributed by atoms with Crippen molar-refractivity contribution in [2.24, 2.45) is 0 Å². The summed E-state index contributed by atoms with van der Waals surface area (Å²) in [5.41, 5.74) is 0. The highest BCUT2D eigenvalue weighted by Crippen LogP contribution is 2.14. The predicted molar refractivity (Wildman–Crippen MR) is 85.1 cm³/mol. The quantitative estimate of drug-likeness (QED) is 0.802.